The van der Waals surface area contributed by atoms with E-state index < -0.39 is 0 Å². The molecule has 1 saturated heterocycles. The average molecular weight is 426 g/mol. The molecule has 0 aliphatic carbocycles. The molecule has 0 spiro atoms. The molecule has 19 heavy (non-hydrogen) atoms. The highest BCUT2D eigenvalue weighted by atomic mass is 127. The summed E-state index contributed by atoms with van der Waals surface area (Å²) in [6, 6.07) is 5.37. The van der Waals surface area contributed by atoms with Crippen molar-refractivity contribution in [1.29, 1.82) is 0 Å². The van der Waals surface area contributed by atoms with Gasteiger partial charge >= 0.3 is 0 Å². The Labute approximate surface area is 140 Å². The maximum absolute atomic E-state index is 12.1. The second-order valence-electron chi connectivity index (χ2n) is 4.03. The van der Waals surface area contributed by atoms with E-state index in [0.717, 1.165) is 5.56 Å². The van der Waals surface area contributed by atoms with Gasteiger partial charge in [-0.25, -0.2) is 0 Å². The Hall–Kier alpha value is -0.0900. The van der Waals surface area contributed by atoms with E-state index in [-0.39, 0.29) is 16.5 Å². The molecule has 100 valence electrons. The molecule has 0 radical (unpaired) electrons. The molecule has 0 aromatic heterocycles. The monoisotopic (exact) mass is 425 g/mol. The van der Waals surface area contributed by atoms with Crippen molar-refractivity contribution in [3.05, 3.63) is 33.8 Å². The molecule has 1 heterocycles. The zero-order valence-corrected chi connectivity index (χ0v) is 14.5. The summed E-state index contributed by atoms with van der Waals surface area (Å²) in [6.07, 6.45) is 0. The van der Waals surface area contributed by atoms with Crippen LogP contribution in [0.25, 0.3) is 0 Å². The lowest BCUT2D eigenvalue weighted by molar-refractivity contribution is -0.129. The lowest BCUT2D eigenvalue weighted by atomic mass is 10.2. The average Bonchev–Trinajstić information content (AvgIpc) is 2.63. The summed E-state index contributed by atoms with van der Waals surface area (Å²) in [4.78, 5) is 13.9. The standard InChI is InChI=1S/C13H10Cl2INOS/c1-8-12(18)17(6-2-5-16)13(19-8)10-4-3-9(14)7-11(10)15/h3-4,7-8,13H,6H2,1H3. The molecule has 2 atom stereocenters. The summed E-state index contributed by atoms with van der Waals surface area (Å²) in [5, 5.41) is 1.01. The van der Waals surface area contributed by atoms with Gasteiger partial charge in [0, 0.05) is 38.2 Å². The van der Waals surface area contributed by atoms with E-state index in [1.54, 1.807) is 28.8 Å². The van der Waals surface area contributed by atoms with Crippen molar-refractivity contribution in [2.24, 2.45) is 0 Å². The van der Waals surface area contributed by atoms with Crippen molar-refractivity contribution in [1.82, 2.24) is 4.90 Å². The summed E-state index contributed by atoms with van der Waals surface area (Å²) in [5.74, 6) is 3.03. The molecule has 1 aliphatic rings. The molecule has 1 aromatic carbocycles. The third-order valence-corrected chi connectivity index (χ3v) is 5.11. The zero-order valence-electron chi connectivity index (χ0n) is 9.99. The molecule has 1 amide bonds. The fourth-order valence-electron chi connectivity index (χ4n) is 1.89. The van der Waals surface area contributed by atoms with Gasteiger partial charge in [-0.05, 0) is 23.0 Å². The minimum Gasteiger partial charge on any atom is -0.314 e. The van der Waals surface area contributed by atoms with Crippen LogP contribution in [0.5, 0.6) is 0 Å². The summed E-state index contributed by atoms with van der Waals surface area (Å²) in [7, 11) is 0. The molecular weight excluding hydrogens is 416 g/mol. The van der Waals surface area contributed by atoms with E-state index in [2.05, 4.69) is 9.85 Å². The maximum atomic E-state index is 12.1. The predicted molar refractivity (Wildman–Crippen MR) is 89.8 cm³/mol. The molecule has 0 N–H and O–H groups in total. The molecule has 0 saturated carbocycles. The van der Waals surface area contributed by atoms with Crippen LogP contribution in [0.3, 0.4) is 0 Å². The second kappa shape index (κ2) is 6.57. The lowest BCUT2D eigenvalue weighted by Crippen LogP contribution is -2.30. The predicted octanol–water partition coefficient (Wildman–Crippen LogP) is 4.35. The quantitative estimate of drug-likeness (QED) is 0.518. The molecule has 1 aromatic rings. The van der Waals surface area contributed by atoms with E-state index in [0.29, 0.717) is 16.6 Å². The summed E-state index contributed by atoms with van der Waals surface area (Å²) < 4.78 is 2.79. The number of benzene rings is 1. The Kier molecular flexibility index (Phi) is 5.29. The number of thioether (sulfide) groups is 1. The van der Waals surface area contributed by atoms with Gasteiger partial charge in [-0.2, -0.15) is 0 Å². The minimum absolute atomic E-state index is 0.0762. The zero-order chi connectivity index (χ0) is 14.0. The van der Waals surface area contributed by atoms with Crippen LogP contribution in [-0.2, 0) is 4.79 Å². The summed E-state index contributed by atoms with van der Waals surface area (Å²) in [5.41, 5.74) is 0.907. The number of hydrogen-bond donors (Lipinski definition) is 0. The topological polar surface area (TPSA) is 20.3 Å². The van der Waals surface area contributed by atoms with E-state index in [1.807, 2.05) is 35.6 Å². The number of amides is 1. The number of carbonyl (C=O) groups is 1. The Morgan fingerprint density at radius 1 is 1.47 bits per heavy atom. The van der Waals surface area contributed by atoms with Crippen molar-refractivity contribution >= 4 is 63.5 Å². The fourth-order valence-corrected chi connectivity index (χ4v) is 3.96. The number of halogens is 3. The third-order valence-electron chi connectivity index (χ3n) is 2.79. The normalized spacial score (nSPS) is 22.3. The highest BCUT2D eigenvalue weighted by Gasteiger charge is 2.38. The first kappa shape index (κ1) is 15.3. The van der Waals surface area contributed by atoms with Crippen molar-refractivity contribution in [3.8, 4) is 9.85 Å². The smallest absolute Gasteiger partial charge is 0.237 e. The van der Waals surface area contributed by atoms with Crippen LogP contribution >= 0.6 is 57.6 Å². The number of rotatable bonds is 2. The SMILES string of the molecule is CC1SC(c2ccc(Cl)cc2Cl)N(CC#CI)C1=O. The summed E-state index contributed by atoms with van der Waals surface area (Å²) >= 11 is 15.7. The number of nitrogens with zero attached hydrogens (tertiary/aromatic N) is 1. The van der Waals surface area contributed by atoms with Gasteiger partial charge in [0.2, 0.25) is 5.91 Å². The van der Waals surface area contributed by atoms with Gasteiger partial charge in [0.15, 0.2) is 0 Å². The molecule has 2 nitrogen and oxygen atoms in total. The Balaban J connectivity index is 2.35. The molecule has 1 fully saturated rings. The molecule has 1 aliphatic heterocycles. The first-order valence-corrected chi connectivity index (χ1v) is 8.31. The molecular formula is C13H10Cl2INOS. The number of carbonyl (C=O) groups excluding carboxylic acids is 1. The first-order chi connectivity index (χ1) is 9.04. The van der Waals surface area contributed by atoms with E-state index in [1.165, 1.54) is 0 Å². The van der Waals surface area contributed by atoms with Crippen LogP contribution < -0.4 is 0 Å². The van der Waals surface area contributed by atoms with E-state index in [9.17, 15) is 4.79 Å². The largest absolute Gasteiger partial charge is 0.314 e. The Morgan fingerprint density at radius 3 is 2.84 bits per heavy atom. The van der Waals surface area contributed by atoms with Gasteiger partial charge in [0.1, 0.15) is 5.37 Å². The van der Waals surface area contributed by atoms with Gasteiger partial charge < -0.3 is 4.90 Å². The first-order valence-electron chi connectivity index (χ1n) is 5.54. The highest BCUT2D eigenvalue weighted by molar-refractivity contribution is 14.1. The molecule has 0 bridgehead atoms. The lowest BCUT2D eigenvalue weighted by Gasteiger charge is -2.22. The van der Waals surface area contributed by atoms with Crippen LogP contribution in [0.2, 0.25) is 10.0 Å². The Bertz CT molecular complexity index is 569. The van der Waals surface area contributed by atoms with E-state index >= 15 is 0 Å². The van der Waals surface area contributed by atoms with Gasteiger partial charge in [0.25, 0.3) is 0 Å². The molecule has 2 rings (SSSR count). The van der Waals surface area contributed by atoms with Crippen LogP contribution in [0.1, 0.15) is 17.9 Å². The highest BCUT2D eigenvalue weighted by Crippen LogP contribution is 2.45. The minimum atomic E-state index is -0.0930. The van der Waals surface area contributed by atoms with Gasteiger partial charge in [-0.15, -0.1) is 11.8 Å². The van der Waals surface area contributed by atoms with E-state index in [4.69, 9.17) is 23.2 Å². The van der Waals surface area contributed by atoms with Crippen LogP contribution in [-0.4, -0.2) is 22.6 Å². The van der Waals surface area contributed by atoms with Gasteiger partial charge in [-0.3, -0.25) is 4.79 Å². The summed E-state index contributed by atoms with van der Waals surface area (Å²) in [6.45, 7) is 2.32. The second-order valence-corrected chi connectivity index (χ2v) is 6.84. The van der Waals surface area contributed by atoms with Crippen molar-refractivity contribution in [2.75, 3.05) is 6.54 Å². The molecule has 2 unspecified atom stereocenters. The van der Waals surface area contributed by atoms with Crippen molar-refractivity contribution in [2.45, 2.75) is 17.5 Å². The fraction of sp³-hybridized carbons (Fsp3) is 0.308. The third kappa shape index (κ3) is 3.33. The van der Waals surface area contributed by atoms with Crippen LogP contribution in [0, 0.1) is 9.85 Å². The molecule has 6 heteroatoms. The van der Waals surface area contributed by atoms with Gasteiger partial charge in [-0.1, -0.05) is 35.2 Å². The number of hydrogen-bond acceptors (Lipinski definition) is 2. The van der Waals surface area contributed by atoms with Crippen molar-refractivity contribution < 1.29 is 4.79 Å². The van der Waals surface area contributed by atoms with Crippen LogP contribution in [0.15, 0.2) is 18.2 Å². The van der Waals surface area contributed by atoms with Crippen LogP contribution in [0.4, 0.5) is 0 Å². The van der Waals surface area contributed by atoms with Crippen molar-refractivity contribution in [3.63, 3.8) is 0 Å². The Morgan fingerprint density at radius 2 is 2.21 bits per heavy atom. The van der Waals surface area contributed by atoms with Gasteiger partial charge in [0.05, 0.1) is 11.8 Å². The maximum Gasteiger partial charge on any atom is 0.237 e.